The molecule has 6 atom stereocenters. The van der Waals surface area contributed by atoms with E-state index in [2.05, 4.69) is 0 Å². The topological polar surface area (TPSA) is 94.6 Å². The third-order valence-electron chi connectivity index (χ3n) is 9.86. The Morgan fingerprint density at radius 1 is 0.600 bits per heavy atom. The number of aryl methyl sites for hydroxylation is 2. The van der Waals surface area contributed by atoms with Crippen LogP contribution in [0.3, 0.4) is 0 Å². The van der Waals surface area contributed by atoms with Gasteiger partial charge in [0.05, 0.1) is 27.4 Å². The van der Waals surface area contributed by atoms with Gasteiger partial charge in [-0.3, -0.25) is 4.79 Å². The Labute approximate surface area is 266 Å². The van der Waals surface area contributed by atoms with Crippen LogP contribution >= 0.6 is 0 Å². The summed E-state index contributed by atoms with van der Waals surface area (Å²) in [6, 6.07) is 30.3. The summed E-state index contributed by atoms with van der Waals surface area (Å²) in [5.74, 6) is -1.78. The Balaban J connectivity index is 1.50. The molecule has 45 heavy (non-hydrogen) atoms. The summed E-state index contributed by atoms with van der Waals surface area (Å²) in [6.07, 6.45) is 0.365. The molecule has 0 radical (unpaired) electrons. The van der Waals surface area contributed by atoms with Crippen LogP contribution in [-0.4, -0.2) is 40.2 Å². The predicted octanol–water partition coefficient (Wildman–Crippen LogP) is 6.86. The maximum atomic E-state index is 14.6. The molecule has 8 heteroatoms. The highest BCUT2D eigenvalue weighted by atomic mass is 32.2. The van der Waals surface area contributed by atoms with Gasteiger partial charge in [-0.1, -0.05) is 77.9 Å². The van der Waals surface area contributed by atoms with E-state index in [-0.39, 0.29) is 34.8 Å². The van der Waals surface area contributed by atoms with E-state index < -0.39 is 53.8 Å². The monoisotopic (exact) mass is 642 g/mol. The minimum absolute atomic E-state index is 0.0245. The van der Waals surface area contributed by atoms with Gasteiger partial charge in [-0.25, -0.2) is 16.8 Å². The molecule has 0 bridgehead atoms. The van der Waals surface area contributed by atoms with Gasteiger partial charge in [0.1, 0.15) is 11.5 Å². The van der Waals surface area contributed by atoms with Crippen LogP contribution in [-0.2, 0) is 24.5 Å². The number of carbonyl (C=O) groups is 1. The fourth-order valence-electron chi connectivity index (χ4n) is 7.50. The molecule has 5 unspecified atom stereocenters. The van der Waals surface area contributed by atoms with Crippen LogP contribution in [0.4, 0.5) is 0 Å². The lowest BCUT2D eigenvalue weighted by molar-refractivity contribution is -0.128. The maximum absolute atomic E-state index is 14.6. The van der Waals surface area contributed by atoms with E-state index in [1.165, 1.54) is 0 Å². The molecule has 0 aliphatic heterocycles. The van der Waals surface area contributed by atoms with Crippen LogP contribution < -0.4 is 4.74 Å². The molecule has 234 valence electrons. The van der Waals surface area contributed by atoms with Gasteiger partial charge in [0, 0.05) is 24.2 Å². The molecular weight excluding hydrogens is 605 g/mol. The molecule has 6 nitrogen and oxygen atoms in total. The normalized spacial score (nSPS) is 25.4. The summed E-state index contributed by atoms with van der Waals surface area (Å²) in [5, 5.41) is -1.78. The molecule has 2 aliphatic carbocycles. The predicted molar refractivity (Wildman–Crippen MR) is 175 cm³/mol. The zero-order valence-electron chi connectivity index (χ0n) is 25.7. The number of benzene rings is 4. The number of fused-ring (bicyclic) bond motifs is 1. The molecule has 2 fully saturated rings. The van der Waals surface area contributed by atoms with Crippen molar-refractivity contribution in [1.82, 2.24) is 0 Å². The van der Waals surface area contributed by atoms with Gasteiger partial charge in [0.2, 0.25) is 0 Å². The molecule has 0 N–H and O–H groups in total. The van der Waals surface area contributed by atoms with Crippen molar-refractivity contribution in [1.29, 1.82) is 0 Å². The lowest BCUT2D eigenvalue weighted by atomic mass is 9.61. The quantitative estimate of drug-likeness (QED) is 0.219. The first-order valence-corrected chi connectivity index (χ1v) is 18.4. The number of hydrogen-bond acceptors (Lipinski definition) is 6. The highest BCUT2D eigenvalue weighted by Crippen LogP contribution is 2.54. The number of ketones is 1. The summed E-state index contributed by atoms with van der Waals surface area (Å²) >= 11 is 0. The van der Waals surface area contributed by atoms with Crippen molar-refractivity contribution in [3.63, 3.8) is 0 Å². The van der Waals surface area contributed by atoms with Gasteiger partial charge < -0.3 is 4.74 Å². The molecule has 6 rings (SSSR count). The Morgan fingerprint density at radius 3 is 1.73 bits per heavy atom. The van der Waals surface area contributed by atoms with E-state index in [9.17, 15) is 21.6 Å². The fourth-order valence-corrected chi connectivity index (χ4v) is 11.8. The molecule has 0 heterocycles. The van der Waals surface area contributed by atoms with Crippen molar-refractivity contribution >= 4 is 25.5 Å². The third-order valence-corrected chi connectivity index (χ3v) is 14.4. The van der Waals surface area contributed by atoms with Crippen LogP contribution in [0.25, 0.3) is 0 Å². The van der Waals surface area contributed by atoms with Crippen LogP contribution in [0.15, 0.2) is 113 Å². The molecule has 4 aromatic carbocycles. The molecular formula is C37H38O6S2. The highest BCUT2D eigenvalue weighted by molar-refractivity contribution is 7.92. The molecule has 2 saturated carbocycles. The minimum atomic E-state index is -3.92. The zero-order chi connectivity index (χ0) is 31.9. The van der Waals surface area contributed by atoms with Crippen LogP contribution in [0.2, 0.25) is 0 Å². The van der Waals surface area contributed by atoms with Gasteiger partial charge in [0.25, 0.3) is 0 Å². The largest absolute Gasteiger partial charge is 0.497 e. The molecule has 0 amide bonds. The first kappa shape index (κ1) is 31.2. The first-order valence-electron chi connectivity index (χ1n) is 15.3. The lowest BCUT2D eigenvalue weighted by Crippen LogP contribution is -2.53. The Bertz CT molecular complexity index is 1880. The second-order valence-corrected chi connectivity index (χ2v) is 16.8. The van der Waals surface area contributed by atoms with Gasteiger partial charge in [0.15, 0.2) is 19.7 Å². The SMILES string of the molecule is COc1ccc(C2CC(=O)C3CC(S(=O)(=O)c4ccc(C)cc4)C(c4ccc(C)cc4)C[C@@H]3C2S(=O)(=O)c2ccccc2)cc1. The molecule has 0 saturated heterocycles. The van der Waals surface area contributed by atoms with E-state index in [0.717, 1.165) is 22.3 Å². The summed E-state index contributed by atoms with van der Waals surface area (Å²) in [5.41, 5.74) is 3.60. The number of carbonyl (C=O) groups excluding carboxylic acids is 1. The Kier molecular flexibility index (Phi) is 8.48. The van der Waals surface area contributed by atoms with E-state index in [1.54, 1.807) is 73.8 Å². The summed E-state index contributed by atoms with van der Waals surface area (Å²) in [4.78, 5) is 14.5. The molecule has 2 aliphatic rings. The van der Waals surface area contributed by atoms with Gasteiger partial charge in [-0.2, -0.15) is 0 Å². The Hall–Kier alpha value is -3.75. The summed E-state index contributed by atoms with van der Waals surface area (Å²) < 4.78 is 63.3. The van der Waals surface area contributed by atoms with E-state index >= 15 is 0 Å². The number of hydrogen-bond donors (Lipinski definition) is 0. The van der Waals surface area contributed by atoms with Crippen molar-refractivity contribution in [2.24, 2.45) is 11.8 Å². The van der Waals surface area contributed by atoms with Crippen molar-refractivity contribution in [2.45, 2.75) is 65.2 Å². The van der Waals surface area contributed by atoms with Gasteiger partial charge >= 0.3 is 0 Å². The smallest absolute Gasteiger partial charge is 0.182 e. The number of Topliss-reactive ketones (excluding diaryl/α,β-unsaturated/α-hetero) is 1. The van der Waals surface area contributed by atoms with E-state index in [0.29, 0.717) is 5.75 Å². The van der Waals surface area contributed by atoms with Crippen molar-refractivity contribution in [3.05, 3.63) is 125 Å². The van der Waals surface area contributed by atoms with Gasteiger partial charge in [-0.05, 0) is 80.1 Å². The summed E-state index contributed by atoms with van der Waals surface area (Å²) in [7, 11) is -6.21. The minimum Gasteiger partial charge on any atom is -0.497 e. The standard InChI is InChI=1S/C37H38O6S2/c1-24-9-13-26(14-10-24)31-21-34-33(23-36(31)44(39,40)30-19-11-25(2)12-20-30)35(38)22-32(27-15-17-28(43-3)18-16-27)37(34)45(41,42)29-7-5-4-6-8-29/h4-20,31-34,36-37H,21-23H2,1-3H3/t31?,32?,33?,34-,36?,37?/m0/s1. The maximum Gasteiger partial charge on any atom is 0.182 e. The number of ether oxygens (including phenoxy) is 1. The van der Waals surface area contributed by atoms with Crippen LogP contribution in [0, 0.1) is 25.7 Å². The number of methoxy groups -OCH3 is 1. The van der Waals surface area contributed by atoms with E-state index in [4.69, 9.17) is 4.74 Å². The summed E-state index contributed by atoms with van der Waals surface area (Å²) in [6.45, 7) is 3.88. The first-order chi connectivity index (χ1) is 21.5. The molecule has 4 aromatic rings. The average molecular weight is 643 g/mol. The Morgan fingerprint density at radius 2 is 1.13 bits per heavy atom. The molecule has 0 spiro atoms. The fraction of sp³-hybridized carbons (Fsp3) is 0.324. The number of sulfone groups is 2. The second kappa shape index (κ2) is 12.2. The van der Waals surface area contributed by atoms with Crippen molar-refractivity contribution in [2.75, 3.05) is 7.11 Å². The highest BCUT2D eigenvalue weighted by Gasteiger charge is 2.56. The average Bonchev–Trinajstić information content (AvgIpc) is 3.05. The van der Waals surface area contributed by atoms with E-state index in [1.807, 2.05) is 50.2 Å². The molecule has 0 aromatic heterocycles. The van der Waals surface area contributed by atoms with Crippen LogP contribution in [0.1, 0.15) is 53.4 Å². The lowest BCUT2D eigenvalue weighted by Gasteiger charge is -2.48. The van der Waals surface area contributed by atoms with Crippen molar-refractivity contribution < 1.29 is 26.4 Å². The zero-order valence-corrected chi connectivity index (χ0v) is 27.3. The van der Waals surface area contributed by atoms with Gasteiger partial charge in [-0.15, -0.1) is 0 Å². The van der Waals surface area contributed by atoms with Crippen molar-refractivity contribution in [3.8, 4) is 5.75 Å². The second-order valence-electron chi connectivity index (χ2n) is 12.5. The van der Waals surface area contributed by atoms with Crippen LogP contribution in [0.5, 0.6) is 5.75 Å². The number of rotatable bonds is 7. The third kappa shape index (κ3) is 5.86.